The minimum absolute atomic E-state index is 0.0603. The molecule has 0 bridgehead atoms. The molecule has 0 spiro atoms. The molecular weight excluding hydrogens is 218 g/mol. The van der Waals surface area contributed by atoms with E-state index < -0.39 is 0 Å². The van der Waals surface area contributed by atoms with Gasteiger partial charge in [0.05, 0.1) is 7.11 Å². The molecule has 0 fully saturated rings. The molecule has 1 aromatic carbocycles. The van der Waals surface area contributed by atoms with Gasteiger partial charge < -0.3 is 15.2 Å². The summed E-state index contributed by atoms with van der Waals surface area (Å²) in [7, 11) is 1.47. The van der Waals surface area contributed by atoms with Crippen molar-refractivity contribution in [2.24, 2.45) is 0 Å². The van der Waals surface area contributed by atoms with Crippen LogP contribution in [0.5, 0.6) is 11.5 Å². The molecule has 4 nitrogen and oxygen atoms in total. The van der Waals surface area contributed by atoms with Crippen LogP contribution in [-0.2, 0) is 11.3 Å². The predicted molar refractivity (Wildman–Crippen MR) is 57.2 cm³/mol. The van der Waals surface area contributed by atoms with Crippen molar-refractivity contribution in [3.8, 4) is 11.5 Å². The number of halogens is 1. The van der Waals surface area contributed by atoms with Crippen LogP contribution < -0.4 is 10.1 Å². The average molecular weight is 230 g/mol. The van der Waals surface area contributed by atoms with Crippen molar-refractivity contribution in [3.05, 3.63) is 23.8 Å². The maximum Gasteiger partial charge on any atom is 0.235 e. The lowest BCUT2D eigenvalue weighted by molar-refractivity contribution is -0.118. The number of rotatable bonds is 4. The van der Waals surface area contributed by atoms with Gasteiger partial charge >= 0.3 is 0 Å². The molecule has 15 heavy (non-hydrogen) atoms. The molecule has 1 amide bonds. The van der Waals surface area contributed by atoms with Crippen molar-refractivity contribution in [2.45, 2.75) is 6.54 Å². The van der Waals surface area contributed by atoms with E-state index in [0.29, 0.717) is 12.3 Å². The van der Waals surface area contributed by atoms with E-state index in [1.54, 1.807) is 12.1 Å². The van der Waals surface area contributed by atoms with Gasteiger partial charge in [0.15, 0.2) is 11.5 Å². The van der Waals surface area contributed by atoms with Crippen LogP contribution in [0.25, 0.3) is 0 Å². The van der Waals surface area contributed by atoms with Gasteiger partial charge in [-0.25, -0.2) is 0 Å². The van der Waals surface area contributed by atoms with E-state index in [2.05, 4.69) is 5.32 Å². The van der Waals surface area contributed by atoms with E-state index in [9.17, 15) is 9.90 Å². The van der Waals surface area contributed by atoms with Crippen molar-refractivity contribution in [1.29, 1.82) is 0 Å². The SMILES string of the molecule is COc1cc(CNC(=O)CCl)ccc1O. The lowest BCUT2D eigenvalue weighted by Gasteiger charge is -2.07. The van der Waals surface area contributed by atoms with Gasteiger partial charge in [0, 0.05) is 6.54 Å². The number of aromatic hydroxyl groups is 1. The molecule has 0 saturated carbocycles. The first-order valence-corrected chi connectivity index (χ1v) is 4.89. The third-order valence-corrected chi connectivity index (χ3v) is 2.10. The van der Waals surface area contributed by atoms with Crippen LogP contribution >= 0.6 is 11.6 Å². The normalized spacial score (nSPS) is 9.73. The summed E-state index contributed by atoms with van der Waals surface area (Å²) in [5.74, 6) is 0.163. The zero-order valence-electron chi connectivity index (χ0n) is 8.29. The Balaban J connectivity index is 2.66. The van der Waals surface area contributed by atoms with Gasteiger partial charge in [-0.05, 0) is 17.7 Å². The standard InChI is InChI=1S/C10H12ClNO3/c1-15-9-4-7(2-3-8(9)13)6-12-10(14)5-11/h2-4,13H,5-6H2,1H3,(H,12,14). The first kappa shape index (κ1) is 11.7. The van der Waals surface area contributed by atoms with Gasteiger partial charge in [0.1, 0.15) is 5.88 Å². The van der Waals surface area contributed by atoms with Gasteiger partial charge in [-0.2, -0.15) is 0 Å². The smallest absolute Gasteiger partial charge is 0.235 e. The molecular formula is C10H12ClNO3. The zero-order chi connectivity index (χ0) is 11.3. The van der Waals surface area contributed by atoms with Crippen LogP contribution in [-0.4, -0.2) is 24.0 Å². The number of amides is 1. The van der Waals surface area contributed by atoms with E-state index >= 15 is 0 Å². The maximum absolute atomic E-state index is 10.9. The Morgan fingerprint density at radius 3 is 2.93 bits per heavy atom. The van der Waals surface area contributed by atoms with Crippen LogP contribution in [0.4, 0.5) is 0 Å². The van der Waals surface area contributed by atoms with Crippen LogP contribution in [0, 0.1) is 0 Å². The number of carbonyl (C=O) groups excluding carboxylic acids is 1. The second-order valence-corrected chi connectivity index (χ2v) is 3.18. The second-order valence-electron chi connectivity index (χ2n) is 2.92. The lowest BCUT2D eigenvalue weighted by atomic mass is 10.2. The Labute approximate surface area is 92.8 Å². The van der Waals surface area contributed by atoms with Gasteiger partial charge in [0.2, 0.25) is 5.91 Å². The van der Waals surface area contributed by atoms with E-state index in [-0.39, 0.29) is 17.5 Å². The molecule has 5 heteroatoms. The summed E-state index contributed by atoms with van der Waals surface area (Å²) in [6.45, 7) is 0.363. The molecule has 0 aliphatic heterocycles. The number of ether oxygens (including phenoxy) is 1. The van der Waals surface area contributed by atoms with Gasteiger partial charge in [-0.3, -0.25) is 4.79 Å². The molecule has 2 N–H and O–H groups in total. The largest absolute Gasteiger partial charge is 0.504 e. The highest BCUT2D eigenvalue weighted by atomic mass is 35.5. The molecule has 82 valence electrons. The molecule has 0 unspecified atom stereocenters. The molecule has 0 saturated heterocycles. The molecule has 0 aromatic heterocycles. The third kappa shape index (κ3) is 3.32. The number of benzene rings is 1. The minimum atomic E-state index is -0.233. The molecule has 0 atom stereocenters. The summed E-state index contributed by atoms with van der Waals surface area (Å²) in [4.78, 5) is 10.9. The summed E-state index contributed by atoms with van der Waals surface area (Å²) in [6, 6.07) is 4.87. The van der Waals surface area contributed by atoms with Crippen LogP contribution in [0.15, 0.2) is 18.2 Å². The highest BCUT2D eigenvalue weighted by Gasteiger charge is 2.03. The third-order valence-electron chi connectivity index (χ3n) is 1.86. The topological polar surface area (TPSA) is 58.6 Å². The highest BCUT2D eigenvalue weighted by molar-refractivity contribution is 6.27. The molecule has 1 rings (SSSR count). The quantitative estimate of drug-likeness (QED) is 0.765. The number of alkyl halides is 1. The van der Waals surface area contributed by atoms with E-state index in [1.807, 2.05) is 0 Å². The maximum atomic E-state index is 10.9. The van der Waals surface area contributed by atoms with E-state index in [4.69, 9.17) is 16.3 Å². The average Bonchev–Trinajstić information content (AvgIpc) is 2.27. The Bertz CT molecular complexity index is 355. The minimum Gasteiger partial charge on any atom is -0.504 e. The fourth-order valence-electron chi connectivity index (χ4n) is 1.08. The van der Waals surface area contributed by atoms with E-state index in [0.717, 1.165) is 5.56 Å². The number of carbonyl (C=O) groups is 1. The molecule has 0 aliphatic rings. The number of phenols is 1. The Kier molecular flexibility index (Phi) is 4.24. The molecule has 0 heterocycles. The lowest BCUT2D eigenvalue weighted by Crippen LogP contribution is -2.23. The zero-order valence-corrected chi connectivity index (χ0v) is 9.04. The summed E-state index contributed by atoms with van der Waals surface area (Å²) in [5.41, 5.74) is 0.836. The van der Waals surface area contributed by atoms with Crippen molar-refractivity contribution in [1.82, 2.24) is 5.32 Å². The Morgan fingerprint density at radius 2 is 2.33 bits per heavy atom. The summed E-state index contributed by atoms with van der Waals surface area (Å²) in [6.07, 6.45) is 0. The fourth-order valence-corrected chi connectivity index (χ4v) is 1.17. The van der Waals surface area contributed by atoms with Gasteiger partial charge in [-0.15, -0.1) is 11.6 Å². The first-order valence-electron chi connectivity index (χ1n) is 4.36. The molecule has 0 aliphatic carbocycles. The highest BCUT2D eigenvalue weighted by Crippen LogP contribution is 2.25. The summed E-state index contributed by atoms with van der Waals surface area (Å²) >= 11 is 5.33. The van der Waals surface area contributed by atoms with Crippen LogP contribution in [0.2, 0.25) is 0 Å². The van der Waals surface area contributed by atoms with Crippen molar-refractivity contribution < 1.29 is 14.6 Å². The number of hydrogen-bond acceptors (Lipinski definition) is 3. The molecule has 0 radical (unpaired) electrons. The number of methoxy groups -OCH3 is 1. The van der Waals surface area contributed by atoms with Crippen molar-refractivity contribution >= 4 is 17.5 Å². The van der Waals surface area contributed by atoms with Gasteiger partial charge in [0.25, 0.3) is 0 Å². The number of nitrogens with one attached hydrogen (secondary N) is 1. The summed E-state index contributed by atoms with van der Waals surface area (Å²) in [5, 5.41) is 11.9. The number of hydrogen-bond donors (Lipinski definition) is 2. The Morgan fingerprint density at radius 1 is 1.60 bits per heavy atom. The van der Waals surface area contributed by atoms with Crippen molar-refractivity contribution in [3.63, 3.8) is 0 Å². The monoisotopic (exact) mass is 229 g/mol. The van der Waals surface area contributed by atoms with E-state index in [1.165, 1.54) is 13.2 Å². The Hall–Kier alpha value is -1.42. The fraction of sp³-hybridized carbons (Fsp3) is 0.300. The van der Waals surface area contributed by atoms with Crippen molar-refractivity contribution in [2.75, 3.05) is 13.0 Å². The predicted octanol–water partition coefficient (Wildman–Crippen LogP) is 1.26. The molecule has 1 aromatic rings. The van der Waals surface area contributed by atoms with Gasteiger partial charge in [-0.1, -0.05) is 6.07 Å². The number of phenolic OH excluding ortho intramolecular Hbond substituents is 1. The first-order chi connectivity index (χ1) is 7.17. The second kappa shape index (κ2) is 5.46. The van der Waals surface area contributed by atoms with Crippen LogP contribution in [0.1, 0.15) is 5.56 Å². The van der Waals surface area contributed by atoms with Crippen LogP contribution in [0.3, 0.4) is 0 Å². The summed E-state index contributed by atoms with van der Waals surface area (Å²) < 4.78 is 4.93.